The summed E-state index contributed by atoms with van der Waals surface area (Å²) in [7, 11) is 2.00. The maximum Gasteiger partial charge on any atom is 0.130 e. The van der Waals surface area contributed by atoms with Gasteiger partial charge in [-0.15, -0.1) is 0 Å². The first-order valence-corrected chi connectivity index (χ1v) is 5.27. The molecule has 0 radical (unpaired) electrons. The lowest BCUT2D eigenvalue weighted by atomic mass is 10.2. The third-order valence-electron chi connectivity index (χ3n) is 2.31. The molecule has 15 heavy (non-hydrogen) atoms. The predicted octanol–water partition coefficient (Wildman–Crippen LogP) is 1.26. The van der Waals surface area contributed by atoms with Crippen LogP contribution in [0.1, 0.15) is 19.3 Å². The number of hydrogen-bond acceptors (Lipinski definition) is 4. The Hall–Kier alpha value is -1.29. The number of nitrogen functional groups attached to an aromatic ring is 1. The topological polar surface area (TPSA) is 62.4 Å². The van der Waals surface area contributed by atoms with Gasteiger partial charge in [-0.3, -0.25) is 0 Å². The van der Waals surface area contributed by atoms with Crippen LogP contribution in [0.3, 0.4) is 0 Å². The van der Waals surface area contributed by atoms with Crippen LogP contribution in [0.5, 0.6) is 0 Å². The third-order valence-corrected chi connectivity index (χ3v) is 2.31. The van der Waals surface area contributed by atoms with Crippen molar-refractivity contribution in [3.63, 3.8) is 0 Å². The number of unbranched alkanes of at least 4 members (excludes halogenated alkanes) is 2. The molecule has 0 saturated heterocycles. The Labute approximate surface area is 90.7 Å². The summed E-state index contributed by atoms with van der Waals surface area (Å²) in [6.07, 6.45) is 4.70. The summed E-state index contributed by atoms with van der Waals surface area (Å²) >= 11 is 0. The minimum atomic E-state index is 0.278. The number of aliphatic hydroxyl groups is 1. The number of nitrogens with two attached hydrogens (primary N) is 1. The Balaban J connectivity index is 2.36. The number of aromatic nitrogens is 1. The van der Waals surface area contributed by atoms with E-state index in [9.17, 15) is 0 Å². The number of pyridine rings is 1. The van der Waals surface area contributed by atoms with Gasteiger partial charge in [-0.2, -0.15) is 0 Å². The summed E-state index contributed by atoms with van der Waals surface area (Å²) in [5, 5.41) is 8.64. The number of rotatable bonds is 6. The van der Waals surface area contributed by atoms with Crippen LogP contribution in [-0.4, -0.2) is 30.3 Å². The minimum Gasteiger partial charge on any atom is -0.399 e. The molecule has 0 saturated carbocycles. The maximum absolute atomic E-state index is 8.64. The Morgan fingerprint density at radius 2 is 2.20 bits per heavy atom. The molecule has 84 valence electrons. The highest BCUT2D eigenvalue weighted by Gasteiger charge is 2.01. The van der Waals surface area contributed by atoms with Crippen LogP contribution in [-0.2, 0) is 0 Å². The number of nitrogens with zero attached hydrogens (tertiary/aromatic N) is 2. The van der Waals surface area contributed by atoms with Gasteiger partial charge >= 0.3 is 0 Å². The van der Waals surface area contributed by atoms with Crippen LogP contribution >= 0.6 is 0 Å². The van der Waals surface area contributed by atoms with Gasteiger partial charge in [0.05, 0.1) is 0 Å². The number of anilines is 2. The average Bonchev–Trinajstić information content (AvgIpc) is 2.24. The summed E-state index contributed by atoms with van der Waals surface area (Å²) in [5.41, 5.74) is 6.41. The largest absolute Gasteiger partial charge is 0.399 e. The Bertz CT molecular complexity index is 291. The lowest BCUT2D eigenvalue weighted by Crippen LogP contribution is -2.19. The van der Waals surface area contributed by atoms with E-state index in [-0.39, 0.29) is 6.61 Å². The molecule has 0 atom stereocenters. The number of aliphatic hydroxyl groups excluding tert-OH is 1. The van der Waals surface area contributed by atoms with Crippen LogP contribution in [0, 0.1) is 0 Å². The van der Waals surface area contributed by atoms with Crippen LogP contribution in [0.4, 0.5) is 11.5 Å². The summed E-state index contributed by atoms with van der Waals surface area (Å²) in [4.78, 5) is 6.31. The van der Waals surface area contributed by atoms with E-state index in [2.05, 4.69) is 9.88 Å². The fraction of sp³-hybridized carbons (Fsp3) is 0.545. The molecule has 0 unspecified atom stereocenters. The van der Waals surface area contributed by atoms with Gasteiger partial charge < -0.3 is 15.7 Å². The molecule has 1 aromatic rings. The first-order valence-electron chi connectivity index (χ1n) is 5.27. The van der Waals surface area contributed by atoms with Gasteiger partial charge in [-0.25, -0.2) is 4.98 Å². The van der Waals surface area contributed by atoms with Gasteiger partial charge in [0.25, 0.3) is 0 Å². The Morgan fingerprint density at radius 1 is 1.40 bits per heavy atom. The summed E-state index contributed by atoms with van der Waals surface area (Å²) < 4.78 is 0. The normalized spacial score (nSPS) is 10.3. The zero-order valence-corrected chi connectivity index (χ0v) is 9.19. The van der Waals surface area contributed by atoms with E-state index in [0.29, 0.717) is 0 Å². The van der Waals surface area contributed by atoms with E-state index in [1.54, 1.807) is 12.3 Å². The fourth-order valence-electron chi connectivity index (χ4n) is 1.40. The maximum atomic E-state index is 8.64. The molecule has 0 aliphatic rings. The van der Waals surface area contributed by atoms with Gasteiger partial charge in [0.1, 0.15) is 5.82 Å². The summed E-state index contributed by atoms with van der Waals surface area (Å²) in [5.74, 6) is 0.902. The molecule has 0 spiro atoms. The van der Waals surface area contributed by atoms with Crippen LogP contribution in [0.15, 0.2) is 18.3 Å². The van der Waals surface area contributed by atoms with E-state index in [0.717, 1.165) is 37.3 Å². The van der Waals surface area contributed by atoms with Gasteiger partial charge in [0.15, 0.2) is 0 Å². The van der Waals surface area contributed by atoms with Gasteiger partial charge in [-0.05, 0) is 25.3 Å². The Morgan fingerprint density at radius 3 is 2.87 bits per heavy atom. The quantitative estimate of drug-likeness (QED) is 0.692. The van der Waals surface area contributed by atoms with Crippen molar-refractivity contribution in [2.24, 2.45) is 0 Å². The first kappa shape index (κ1) is 11.8. The molecule has 3 N–H and O–H groups in total. The second kappa shape index (κ2) is 6.24. The Kier molecular flexibility index (Phi) is 4.90. The lowest BCUT2D eigenvalue weighted by Gasteiger charge is -2.17. The number of hydrogen-bond donors (Lipinski definition) is 2. The van der Waals surface area contributed by atoms with Crippen molar-refractivity contribution in [2.45, 2.75) is 19.3 Å². The molecule has 0 aliphatic heterocycles. The standard InChI is InChI=1S/C11H19N3O/c1-14(7-3-2-4-8-15)11-9-10(12)5-6-13-11/h5-6,9,15H,2-4,7-8H2,1H3,(H2,12,13). The van der Waals surface area contributed by atoms with Crippen molar-refractivity contribution in [3.8, 4) is 0 Å². The van der Waals surface area contributed by atoms with Crippen LogP contribution in [0.2, 0.25) is 0 Å². The lowest BCUT2D eigenvalue weighted by molar-refractivity contribution is 0.283. The van der Waals surface area contributed by atoms with E-state index in [1.807, 2.05) is 13.1 Å². The highest BCUT2D eigenvalue weighted by molar-refractivity contribution is 5.49. The van der Waals surface area contributed by atoms with Crippen molar-refractivity contribution in [1.29, 1.82) is 0 Å². The van der Waals surface area contributed by atoms with Crippen LogP contribution in [0.25, 0.3) is 0 Å². The van der Waals surface area contributed by atoms with Crippen molar-refractivity contribution in [1.82, 2.24) is 4.98 Å². The zero-order chi connectivity index (χ0) is 11.1. The van der Waals surface area contributed by atoms with Gasteiger partial charge in [0, 0.05) is 38.1 Å². The monoisotopic (exact) mass is 209 g/mol. The molecule has 1 aromatic heterocycles. The average molecular weight is 209 g/mol. The molecule has 0 amide bonds. The SMILES string of the molecule is CN(CCCCCO)c1cc(N)ccn1. The van der Waals surface area contributed by atoms with Gasteiger partial charge in [0.2, 0.25) is 0 Å². The second-order valence-corrected chi connectivity index (χ2v) is 3.65. The second-order valence-electron chi connectivity index (χ2n) is 3.65. The third kappa shape index (κ3) is 4.16. The first-order chi connectivity index (χ1) is 7.24. The smallest absolute Gasteiger partial charge is 0.130 e. The van der Waals surface area contributed by atoms with E-state index in [4.69, 9.17) is 10.8 Å². The van der Waals surface area contributed by atoms with Crippen molar-refractivity contribution in [2.75, 3.05) is 30.8 Å². The molecule has 0 bridgehead atoms. The van der Waals surface area contributed by atoms with Crippen molar-refractivity contribution < 1.29 is 5.11 Å². The van der Waals surface area contributed by atoms with E-state index >= 15 is 0 Å². The van der Waals surface area contributed by atoms with Crippen LogP contribution < -0.4 is 10.6 Å². The van der Waals surface area contributed by atoms with Gasteiger partial charge in [-0.1, -0.05) is 0 Å². The van der Waals surface area contributed by atoms with Crippen molar-refractivity contribution in [3.05, 3.63) is 18.3 Å². The molecular formula is C11H19N3O. The fourth-order valence-corrected chi connectivity index (χ4v) is 1.40. The molecular weight excluding hydrogens is 190 g/mol. The molecule has 0 aromatic carbocycles. The predicted molar refractivity (Wildman–Crippen MR) is 62.9 cm³/mol. The minimum absolute atomic E-state index is 0.278. The molecule has 1 heterocycles. The van der Waals surface area contributed by atoms with Crippen molar-refractivity contribution >= 4 is 11.5 Å². The molecule has 0 aliphatic carbocycles. The summed E-state index contributed by atoms with van der Waals surface area (Å²) in [6.45, 7) is 1.22. The molecule has 1 rings (SSSR count). The molecule has 4 heteroatoms. The highest BCUT2D eigenvalue weighted by atomic mass is 16.2. The zero-order valence-electron chi connectivity index (χ0n) is 9.19. The molecule has 0 fully saturated rings. The van der Waals surface area contributed by atoms with E-state index in [1.165, 1.54) is 0 Å². The van der Waals surface area contributed by atoms with E-state index < -0.39 is 0 Å². The summed E-state index contributed by atoms with van der Waals surface area (Å²) in [6, 6.07) is 3.65. The highest BCUT2D eigenvalue weighted by Crippen LogP contribution is 2.12. The molecule has 4 nitrogen and oxygen atoms in total.